The summed E-state index contributed by atoms with van der Waals surface area (Å²) in [5.74, 6) is 0.860. The Hall–Kier alpha value is -1.55. The smallest absolute Gasteiger partial charge is 0.217 e. The predicted octanol–water partition coefficient (Wildman–Crippen LogP) is 1.41. The molecule has 0 atom stereocenters. The van der Waals surface area contributed by atoms with E-state index in [9.17, 15) is 4.79 Å². The number of benzene rings is 1. The molecule has 0 aromatic heterocycles. The van der Waals surface area contributed by atoms with Crippen molar-refractivity contribution in [3.05, 3.63) is 29.8 Å². The molecule has 0 saturated carbocycles. The van der Waals surface area contributed by atoms with E-state index >= 15 is 0 Å². The Morgan fingerprint density at radius 1 is 1.28 bits per heavy atom. The summed E-state index contributed by atoms with van der Waals surface area (Å²) < 4.78 is 5.17. The van der Waals surface area contributed by atoms with Crippen molar-refractivity contribution in [2.75, 3.05) is 20.2 Å². The maximum atomic E-state index is 11.5. The average molecular weight is 248 g/mol. The van der Waals surface area contributed by atoms with Gasteiger partial charge in [0.2, 0.25) is 5.91 Å². The van der Waals surface area contributed by atoms with Gasteiger partial charge in [0.25, 0.3) is 0 Å². The number of amides is 1. The number of carbonyl (C=O) groups is 1. The summed E-state index contributed by atoms with van der Waals surface area (Å²) in [6.45, 7) is 3.42. The van der Waals surface area contributed by atoms with Crippen molar-refractivity contribution in [2.24, 2.45) is 0 Å². The molecule has 1 aromatic carbocycles. The number of methoxy groups -OCH3 is 1. The average Bonchev–Trinajstić information content (AvgIpc) is 2.39. The van der Waals surface area contributed by atoms with E-state index < -0.39 is 0 Å². The van der Waals surface area contributed by atoms with Gasteiger partial charge in [0.15, 0.2) is 0 Å². The van der Waals surface area contributed by atoms with Crippen LogP contribution in [0.5, 0.6) is 5.75 Å². The number of hydrogen-bond donors (Lipinski definition) is 2. The lowest BCUT2D eigenvalue weighted by Gasteiger charge is -2.38. The van der Waals surface area contributed by atoms with Crippen molar-refractivity contribution in [1.82, 2.24) is 10.6 Å². The molecule has 2 rings (SSSR count). The molecule has 0 bridgehead atoms. The zero-order valence-corrected chi connectivity index (χ0v) is 11.0. The van der Waals surface area contributed by atoms with E-state index in [1.54, 1.807) is 14.0 Å². The molecule has 1 fully saturated rings. The number of rotatable bonds is 3. The minimum absolute atomic E-state index is 0.0210. The Labute approximate surface area is 108 Å². The summed E-state index contributed by atoms with van der Waals surface area (Å²) in [5, 5.41) is 6.46. The van der Waals surface area contributed by atoms with Crippen molar-refractivity contribution >= 4 is 5.91 Å². The molecule has 0 radical (unpaired) electrons. The van der Waals surface area contributed by atoms with Crippen molar-refractivity contribution in [3.63, 3.8) is 0 Å². The first-order chi connectivity index (χ1) is 8.66. The number of hydrogen-bond acceptors (Lipinski definition) is 3. The van der Waals surface area contributed by atoms with Crippen LogP contribution in [0, 0.1) is 0 Å². The Balaban J connectivity index is 2.29. The van der Waals surface area contributed by atoms with Crippen LogP contribution in [0.1, 0.15) is 25.3 Å². The fraction of sp³-hybridized carbons (Fsp3) is 0.500. The summed E-state index contributed by atoms with van der Waals surface area (Å²) in [6.07, 6.45) is 1.83. The Bertz CT molecular complexity index is 408. The molecule has 1 amide bonds. The Morgan fingerprint density at radius 3 is 2.39 bits per heavy atom. The van der Waals surface area contributed by atoms with Gasteiger partial charge in [-0.3, -0.25) is 4.79 Å². The zero-order valence-electron chi connectivity index (χ0n) is 11.0. The summed E-state index contributed by atoms with van der Waals surface area (Å²) in [5.41, 5.74) is 0.920. The van der Waals surface area contributed by atoms with E-state index in [-0.39, 0.29) is 11.4 Å². The van der Waals surface area contributed by atoms with Crippen molar-refractivity contribution in [1.29, 1.82) is 0 Å². The summed E-state index contributed by atoms with van der Waals surface area (Å²) in [4.78, 5) is 11.5. The van der Waals surface area contributed by atoms with E-state index in [2.05, 4.69) is 10.6 Å². The standard InChI is InChI=1S/C14H20N2O2/c1-11(17)16-14(7-9-15-10-8-14)12-3-5-13(18-2)6-4-12/h3-6,15H,7-10H2,1-2H3,(H,16,17). The molecule has 4 nitrogen and oxygen atoms in total. The largest absolute Gasteiger partial charge is 0.497 e. The highest BCUT2D eigenvalue weighted by Crippen LogP contribution is 2.31. The van der Waals surface area contributed by atoms with Gasteiger partial charge in [-0.2, -0.15) is 0 Å². The minimum Gasteiger partial charge on any atom is -0.497 e. The van der Waals surface area contributed by atoms with E-state index in [4.69, 9.17) is 4.74 Å². The van der Waals surface area contributed by atoms with Gasteiger partial charge in [0, 0.05) is 6.92 Å². The highest BCUT2D eigenvalue weighted by Gasteiger charge is 2.34. The molecule has 1 aliphatic heterocycles. The normalized spacial score (nSPS) is 18.1. The highest BCUT2D eigenvalue weighted by atomic mass is 16.5. The molecule has 0 unspecified atom stereocenters. The first-order valence-electron chi connectivity index (χ1n) is 6.30. The van der Waals surface area contributed by atoms with Crippen LogP contribution in [-0.4, -0.2) is 26.1 Å². The maximum absolute atomic E-state index is 11.5. The van der Waals surface area contributed by atoms with Crippen molar-refractivity contribution in [3.8, 4) is 5.75 Å². The molecule has 98 valence electrons. The monoisotopic (exact) mass is 248 g/mol. The van der Waals surface area contributed by atoms with Crippen LogP contribution < -0.4 is 15.4 Å². The van der Waals surface area contributed by atoms with Gasteiger partial charge in [-0.05, 0) is 43.6 Å². The van der Waals surface area contributed by atoms with Crippen LogP contribution in [0.2, 0.25) is 0 Å². The lowest BCUT2D eigenvalue weighted by molar-refractivity contribution is -0.121. The van der Waals surface area contributed by atoms with Gasteiger partial charge in [-0.1, -0.05) is 12.1 Å². The van der Waals surface area contributed by atoms with Crippen LogP contribution in [-0.2, 0) is 10.3 Å². The van der Waals surface area contributed by atoms with E-state index in [1.807, 2.05) is 24.3 Å². The van der Waals surface area contributed by atoms with Gasteiger partial charge in [-0.15, -0.1) is 0 Å². The van der Waals surface area contributed by atoms with Gasteiger partial charge < -0.3 is 15.4 Å². The maximum Gasteiger partial charge on any atom is 0.217 e. The molecule has 1 aromatic rings. The molecule has 0 spiro atoms. The van der Waals surface area contributed by atoms with Gasteiger partial charge >= 0.3 is 0 Å². The van der Waals surface area contributed by atoms with Crippen LogP contribution in [0.25, 0.3) is 0 Å². The number of piperidine rings is 1. The lowest BCUT2D eigenvalue weighted by atomic mass is 9.81. The van der Waals surface area contributed by atoms with Crippen molar-refractivity contribution in [2.45, 2.75) is 25.3 Å². The molecule has 1 heterocycles. The van der Waals surface area contributed by atoms with Gasteiger partial charge in [0.1, 0.15) is 5.75 Å². The SMILES string of the molecule is COc1ccc(C2(NC(C)=O)CCNCC2)cc1. The zero-order chi connectivity index (χ0) is 13.0. The molecule has 18 heavy (non-hydrogen) atoms. The lowest BCUT2D eigenvalue weighted by Crippen LogP contribution is -2.51. The first kappa shape index (κ1) is 12.9. The third-order valence-corrected chi connectivity index (χ3v) is 3.52. The molecule has 0 aliphatic carbocycles. The van der Waals surface area contributed by atoms with Crippen LogP contribution in [0.15, 0.2) is 24.3 Å². The molecular formula is C14H20N2O2. The molecular weight excluding hydrogens is 228 g/mol. The van der Waals surface area contributed by atoms with Crippen molar-refractivity contribution < 1.29 is 9.53 Å². The summed E-state index contributed by atoms with van der Waals surface area (Å²) in [6, 6.07) is 7.97. The predicted molar refractivity (Wildman–Crippen MR) is 70.6 cm³/mol. The Morgan fingerprint density at radius 2 is 1.89 bits per heavy atom. The fourth-order valence-electron chi connectivity index (χ4n) is 2.59. The van der Waals surface area contributed by atoms with Crippen LogP contribution in [0.4, 0.5) is 0 Å². The van der Waals surface area contributed by atoms with E-state index in [1.165, 1.54) is 0 Å². The van der Waals surface area contributed by atoms with Crippen LogP contribution >= 0.6 is 0 Å². The number of ether oxygens (including phenoxy) is 1. The summed E-state index contributed by atoms with van der Waals surface area (Å²) in [7, 11) is 1.66. The number of carbonyl (C=O) groups excluding carboxylic acids is 1. The molecule has 2 N–H and O–H groups in total. The van der Waals surface area contributed by atoms with Crippen LogP contribution in [0.3, 0.4) is 0 Å². The third-order valence-electron chi connectivity index (χ3n) is 3.52. The van der Waals surface area contributed by atoms with E-state index in [0.717, 1.165) is 37.2 Å². The minimum atomic E-state index is -0.233. The topological polar surface area (TPSA) is 50.4 Å². The molecule has 1 aliphatic rings. The molecule has 1 saturated heterocycles. The third kappa shape index (κ3) is 2.64. The second-order valence-corrected chi connectivity index (χ2v) is 4.74. The second kappa shape index (κ2) is 5.40. The first-order valence-corrected chi connectivity index (χ1v) is 6.30. The quantitative estimate of drug-likeness (QED) is 0.850. The van der Waals surface area contributed by atoms with E-state index in [0.29, 0.717) is 0 Å². The van der Waals surface area contributed by atoms with Gasteiger partial charge in [-0.25, -0.2) is 0 Å². The summed E-state index contributed by atoms with van der Waals surface area (Å²) >= 11 is 0. The molecule has 4 heteroatoms. The highest BCUT2D eigenvalue weighted by molar-refractivity contribution is 5.74. The number of nitrogens with one attached hydrogen (secondary N) is 2. The second-order valence-electron chi connectivity index (χ2n) is 4.74. The Kier molecular flexibility index (Phi) is 3.87. The fourth-order valence-corrected chi connectivity index (χ4v) is 2.59. The van der Waals surface area contributed by atoms with Gasteiger partial charge in [0.05, 0.1) is 12.6 Å².